The molecule has 0 bridgehead atoms. The summed E-state index contributed by atoms with van der Waals surface area (Å²) >= 11 is 0. The Morgan fingerprint density at radius 3 is 2.35 bits per heavy atom. The summed E-state index contributed by atoms with van der Waals surface area (Å²) in [6.07, 6.45) is 3.82. The fourth-order valence-electron chi connectivity index (χ4n) is 3.01. The maximum atomic E-state index is 11.7. The van der Waals surface area contributed by atoms with Crippen LogP contribution in [0.4, 0.5) is 0 Å². The Labute approximate surface area is 119 Å². The van der Waals surface area contributed by atoms with Gasteiger partial charge >= 0.3 is 0 Å². The van der Waals surface area contributed by atoms with Crippen molar-refractivity contribution < 1.29 is 4.79 Å². The molecule has 0 unspecified atom stereocenters. The summed E-state index contributed by atoms with van der Waals surface area (Å²) in [5, 5.41) is 2.24. The number of benzene rings is 2. The van der Waals surface area contributed by atoms with Crippen LogP contribution in [0.5, 0.6) is 0 Å². The number of rotatable bonds is 3. The minimum atomic E-state index is -0.331. The number of nitrogens with zero attached hydrogens (tertiary/aromatic N) is 1. The van der Waals surface area contributed by atoms with E-state index in [-0.39, 0.29) is 5.91 Å². The van der Waals surface area contributed by atoms with Gasteiger partial charge in [-0.25, -0.2) is 0 Å². The second-order valence-corrected chi connectivity index (χ2v) is 5.56. The van der Waals surface area contributed by atoms with E-state index in [2.05, 4.69) is 17.0 Å². The van der Waals surface area contributed by atoms with Crippen molar-refractivity contribution in [3.63, 3.8) is 0 Å². The molecule has 0 aliphatic carbocycles. The van der Waals surface area contributed by atoms with Crippen LogP contribution < -0.4 is 5.73 Å². The van der Waals surface area contributed by atoms with E-state index in [1.165, 1.54) is 24.6 Å². The van der Waals surface area contributed by atoms with Crippen LogP contribution in [0.1, 0.15) is 35.2 Å². The minimum absolute atomic E-state index is 0.331. The van der Waals surface area contributed by atoms with Gasteiger partial charge in [-0.3, -0.25) is 9.69 Å². The molecule has 1 aliphatic rings. The SMILES string of the molecule is NC(=O)c1cc2ccccc2cc1CN1CCCCC1. The number of carbonyl (C=O) groups excluding carboxylic acids is 1. The summed E-state index contributed by atoms with van der Waals surface area (Å²) in [7, 11) is 0. The summed E-state index contributed by atoms with van der Waals surface area (Å²) in [5.41, 5.74) is 7.27. The molecule has 2 N–H and O–H groups in total. The average molecular weight is 268 g/mol. The van der Waals surface area contributed by atoms with Crippen LogP contribution in [-0.4, -0.2) is 23.9 Å². The Morgan fingerprint density at radius 2 is 1.70 bits per heavy atom. The Morgan fingerprint density at radius 1 is 1.05 bits per heavy atom. The number of hydrogen-bond acceptors (Lipinski definition) is 2. The highest BCUT2D eigenvalue weighted by Crippen LogP contribution is 2.22. The molecular weight excluding hydrogens is 248 g/mol. The predicted octanol–water partition coefficient (Wildman–Crippen LogP) is 2.92. The lowest BCUT2D eigenvalue weighted by Crippen LogP contribution is -2.30. The first-order chi connectivity index (χ1) is 9.74. The van der Waals surface area contributed by atoms with Gasteiger partial charge in [-0.2, -0.15) is 0 Å². The molecule has 0 spiro atoms. The Kier molecular flexibility index (Phi) is 3.70. The Balaban J connectivity index is 1.98. The molecule has 0 aromatic heterocycles. The second-order valence-electron chi connectivity index (χ2n) is 5.56. The predicted molar refractivity (Wildman–Crippen MR) is 81.6 cm³/mol. The molecule has 1 aliphatic heterocycles. The van der Waals surface area contributed by atoms with Gasteiger partial charge in [0.25, 0.3) is 0 Å². The molecule has 1 heterocycles. The second kappa shape index (κ2) is 5.63. The van der Waals surface area contributed by atoms with Crippen LogP contribution in [0.2, 0.25) is 0 Å². The number of amides is 1. The number of primary amides is 1. The first-order valence-electron chi connectivity index (χ1n) is 7.28. The highest BCUT2D eigenvalue weighted by molar-refractivity contribution is 5.99. The molecule has 2 aromatic rings. The van der Waals surface area contributed by atoms with Gasteiger partial charge in [-0.15, -0.1) is 0 Å². The van der Waals surface area contributed by atoms with Gasteiger partial charge in [0.1, 0.15) is 0 Å². The van der Waals surface area contributed by atoms with Gasteiger partial charge in [-0.1, -0.05) is 30.7 Å². The van der Waals surface area contributed by atoms with E-state index in [1.807, 2.05) is 24.3 Å². The van der Waals surface area contributed by atoms with Gasteiger partial charge in [0.2, 0.25) is 5.91 Å². The van der Waals surface area contributed by atoms with Crippen molar-refractivity contribution in [1.82, 2.24) is 4.90 Å². The third kappa shape index (κ3) is 2.68. The van der Waals surface area contributed by atoms with Crippen molar-refractivity contribution >= 4 is 16.7 Å². The summed E-state index contributed by atoms with van der Waals surface area (Å²) in [6.45, 7) is 3.05. The van der Waals surface area contributed by atoms with Gasteiger partial charge < -0.3 is 5.73 Å². The van der Waals surface area contributed by atoms with E-state index in [0.29, 0.717) is 5.56 Å². The number of likely N-dealkylation sites (tertiary alicyclic amines) is 1. The largest absolute Gasteiger partial charge is 0.366 e. The molecule has 3 rings (SSSR count). The third-order valence-corrected chi connectivity index (χ3v) is 4.08. The zero-order chi connectivity index (χ0) is 13.9. The fraction of sp³-hybridized carbons (Fsp3) is 0.353. The molecule has 3 nitrogen and oxygen atoms in total. The number of piperidine rings is 1. The molecule has 1 fully saturated rings. The van der Waals surface area contributed by atoms with E-state index in [4.69, 9.17) is 5.73 Å². The molecule has 1 saturated heterocycles. The highest BCUT2D eigenvalue weighted by Gasteiger charge is 2.15. The Bertz CT molecular complexity index is 630. The summed E-state index contributed by atoms with van der Waals surface area (Å²) in [6, 6.07) is 12.2. The topological polar surface area (TPSA) is 46.3 Å². The number of hydrogen-bond donors (Lipinski definition) is 1. The molecule has 0 radical (unpaired) electrons. The van der Waals surface area contributed by atoms with Crippen molar-refractivity contribution in [2.75, 3.05) is 13.1 Å². The van der Waals surface area contributed by atoms with Gasteiger partial charge in [0.15, 0.2) is 0 Å². The van der Waals surface area contributed by atoms with E-state index in [1.54, 1.807) is 0 Å². The monoisotopic (exact) mass is 268 g/mol. The standard InChI is InChI=1S/C17H20N2O/c18-17(20)16-11-14-7-3-2-6-13(14)10-15(16)12-19-8-4-1-5-9-19/h2-3,6-7,10-11H,1,4-5,8-9,12H2,(H2,18,20). The van der Waals surface area contributed by atoms with Crippen LogP contribution in [0, 0.1) is 0 Å². The first-order valence-corrected chi connectivity index (χ1v) is 7.28. The smallest absolute Gasteiger partial charge is 0.249 e. The molecule has 104 valence electrons. The molecule has 3 heteroatoms. The maximum absolute atomic E-state index is 11.7. The van der Waals surface area contributed by atoms with E-state index < -0.39 is 0 Å². The fourth-order valence-corrected chi connectivity index (χ4v) is 3.01. The lowest BCUT2D eigenvalue weighted by Gasteiger charge is -2.27. The number of fused-ring (bicyclic) bond motifs is 1. The Hall–Kier alpha value is -1.87. The van der Waals surface area contributed by atoms with E-state index >= 15 is 0 Å². The van der Waals surface area contributed by atoms with Gasteiger partial charge in [-0.05, 0) is 54.4 Å². The lowest BCUT2D eigenvalue weighted by molar-refractivity contribution is 0.0998. The van der Waals surface area contributed by atoms with Crippen molar-refractivity contribution in [3.8, 4) is 0 Å². The number of carbonyl (C=O) groups is 1. The molecule has 20 heavy (non-hydrogen) atoms. The average Bonchev–Trinajstić information content (AvgIpc) is 2.47. The molecule has 0 saturated carbocycles. The lowest BCUT2D eigenvalue weighted by atomic mass is 9.99. The van der Waals surface area contributed by atoms with Crippen molar-refractivity contribution in [3.05, 3.63) is 47.5 Å². The van der Waals surface area contributed by atoms with Crippen molar-refractivity contribution in [1.29, 1.82) is 0 Å². The summed E-state index contributed by atoms with van der Waals surface area (Å²) in [5.74, 6) is -0.331. The van der Waals surface area contributed by atoms with Crippen LogP contribution in [0.15, 0.2) is 36.4 Å². The van der Waals surface area contributed by atoms with Crippen LogP contribution in [-0.2, 0) is 6.54 Å². The molecule has 2 aromatic carbocycles. The molecule has 0 atom stereocenters. The summed E-state index contributed by atoms with van der Waals surface area (Å²) < 4.78 is 0. The van der Waals surface area contributed by atoms with Crippen molar-refractivity contribution in [2.45, 2.75) is 25.8 Å². The third-order valence-electron chi connectivity index (χ3n) is 4.08. The first kappa shape index (κ1) is 13.1. The van der Waals surface area contributed by atoms with Gasteiger partial charge in [0.05, 0.1) is 0 Å². The minimum Gasteiger partial charge on any atom is -0.366 e. The highest BCUT2D eigenvalue weighted by atomic mass is 16.1. The maximum Gasteiger partial charge on any atom is 0.249 e. The molecule has 1 amide bonds. The van der Waals surface area contributed by atoms with Gasteiger partial charge in [0, 0.05) is 12.1 Å². The van der Waals surface area contributed by atoms with E-state index in [9.17, 15) is 4.79 Å². The van der Waals surface area contributed by atoms with Crippen molar-refractivity contribution in [2.24, 2.45) is 5.73 Å². The van der Waals surface area contributed by atoms with Crippen LogP contribution in [0.3, 0.4) is 0 Å². The zero-order valence-electron chi connectivity index (χ0n) is 11.6. The number of nitrogens with two attached hydrogens (primary N) is 1. The summed E-state index contributed by atoms with van der Waals surface area (Å²) in [4.78, 5) is 14.1. The van der Waals surface area contributed by atoms with E-state index in [0.717, 1.165) is 30.6 Å². The zero-order valence-corrected chi connectivity index (χ0v) is 11.6. The molecular formula is C17H20N2O. The normalized spacial score (nSPS) is 16.4. The van der Waals surface area contributed by atoms with Crippen LogP contribution in [0.25, 0.3) is 10.8 Å². The quantitative estimate of drug-likeness (QED) is 0.930. The van der Waals surface area contributed by atoms with Crippen LogP contribution >= 0.6 is 0 Å².